The lowest BCUT2D eigenvalue weighted by atomic mass is 10.2. The molecule has 0 amide bonds. The Labute approximate surface area is 586 Å². The summed E-state index contributed by atoms with van der Waals surface area (Å²) in [7, 11) is 2.05. The second-order valence-corrected chi connectivity index (χ2v) is 26.2. The van der Waals surface area contributed by atoms with Crippen LogP contribution in [0.1, 0.15) is 31.9 Å². The van der Waals surface area contributed by atoms with Crippen molar-refractivity contribution in [3.8, 4) is 61.9 Å². The molecule has 103 heavy (non-hydrogen) atoms. The normalized spacial score (nSPS) is 13.5. The predicted molar refractivity (Wildman–Crippen MR) is 373 cm³/mol. The molecule has 0 saturated heterocycles. The topological polar surface area (TPSA) is 263 Å². The first-order valence-corrected chi connectivity index (χ1v) is 33.7. The van der Waals surface area contributed by atoms with E-state index in [4.69, 9.17) is 18.5 Å². The Morgan fingerprint density at radius 1 is 0.398 bits per heavy atom. The van der Waals surface area contributed by atoms with Crippen molar-refractivity contribution in [2.75, 3.05) is 0 Å². The zero-order valence-corrected chi connectivity index (χ0v) is 54.9. The smallest absolute Gasteiger partial charge is 0.390 e. The number of rotatable bonds is 1. The molecule has 5 aliphatic heterocycles. The van der Waals surface area contributed by atoms with Gasteiger partial charge in [0.05, 0.1) is 103 Å². The van der Waals surface area contributed by atoms with E-state index >= 15 is 0 Å². The number of aryl methyl sites for hydroxylation is 2. The lowest BCUT2D eigenvalue weighted by Gasteiger charge is -2.03. The van der Waals surface area contributed by atoms with E-state index in [1.54, 1.807) is 85.8 Å². The van der Waals surface area contributed by atoms with Gasteiger partial charge in [-0.1, -0.05) is 34.5 Å². The minimum atomic E-state index is -2.33. The molecule has 30 heteroatoms. The first-order valence-electron chi connectivity index (χ1n) is 34.4. The van der Waals surface area contributed by atoms with Crippen LogP contribution >= 0.6 is 11.3 Å². The minimum Gasteiger partial charge on any atom is -0.396 e. The second-order valence-electron chi connectivity index (χ2n) is 25.2. The lowest BCUT2D eigenvalue weighted by molar-refractivity contribution is -0.651. The van der Waals surface area contributed by atoms with Crippen molar-refractivity contribution in [1.29, 1.82) is 0 Å². The van der Waals surface area contributed by atoms with Gasteiger partial charge in [0.2, 0.25) is 39.2 Å². The highest BCUT2D eigenvalue weighted by molar-refractivity contribution is 7.20. The predicted octanol–water partition coefficient (Wildman–Crippen LogP) is 7.09. The molecule has 29 nitrogen and oxygen atoms in total. The van der Waals surface area contributed by atoms with E-state index in [0.717, 1.165) is 144 Å². The van der Waals surface area contributed by atoms with Crippen LogP contribution in [0.3, 0.4) is 0 Å². The van der Waals surface area contributed by atoms with Crippen LogP contribution in [0.5, 0.6) is 0 Å². The third kappa shape index (κ3) is 8.27. The number of imidazole rings is 8. The SMILES string of the molecule is Cn1c2[n+](c3c1nc1cnccn13)Cc1ccncc1-2.[2H]C([2H])([2H])n1c2[n+](c3c1nc1cnccn13)Cc1ccncc1-2.c1cc2c(cn1)-c1oc3c(nc4ccncn43)[n+]1C2.c1cc2c(cn1)-c1sc3c(nc4ccncn43)[n+]1C2.c1ccc(-n2c3[n+](c4nc5ccncn5c42)Cc2ccncc2-3)cc1. The molecular weight excluding hydrogens is 1320 g/mol. The van der Waals surface area contributed by atoms with E-state index in [0.29, 0.717) is 23.7 Å². The molecule has 0 radical (unpaired) electrons. The highest BCUT2D eigenvalue weighted by Crippen LogP contribution is 2.38. The number of fused-ring (bicyclic) bond motifs is 35. The van der Waals surface area contributed by atoms with E-state index < -0.39 is 6.98 Å². The number of thiazole rings is 1. The quantitative estimate of drug-likeness (QED) is 0.149. The van der Waals surface area contributed by atoms with Crippen molar-refractivity contribution in [3.63, 3.8) is 0 Å². The van der Waals surface area contributed by atoms with Crippen molar-refractivity contribution in [2.45, 2.75) is 32.7 Å². The summed E-state index contributed by atoms with van der Waals surface area (Å²) in [5, 5.41) is 1.24. The Bertz CT molecular complexity index is 7090. The summed E-state index contributed by atoms with van der Waals surface area (Å²) >= 11 is 1.75. The van der Waals surface area contributed by atoms with Crippen molar-refractivity contribution < 1.29 is 31.4 Å². The van der Waals surface area contributed by atoms with Crippen molar-refractivity contribution >= 4 is 95.3 Å². The maximum Gasteiger partial charge on any atom is 0.390 e. The van der Waals surface area contributed by atoms with Crippen LogP contribution in [0, 0.1) is 0 Å². The van der Waals surface area contributed by atoms with E-state index in [-0.39, 0.29) is 0 Å². The van der Waals surface area contributed by atoms with Crippen molar-refractivity contribution in [3.05, 3.63) is 243 Å². The van der Waals surface area contributed by atoms with Crippen LogP contribution in [0.25, 0.3) is 146 Å². The van der Waals surface area contributed by atoms with Crippen LogP contribution < -0.4 is 22.8 Å². The van der Waals surface area contributed by atoms with Crippen LogP contribution in [0.4, 0.5) is 0 Å². The highest BCUT2D eigenvalue weighted by Gasteiger charge is 2.40. The number of para-hydroxylation sites is 1. The fourth-order valence-electron chi connectivity index (χ4n) is 15.2. The van der Waals surface area contributed by atoms with Gasteiger partial charge in [-0.2, -0.15) is 14.5 Å². The van der Waals surface area contributed by atoms with Gasteiger partial charge < -0.3 is 4.42 Å². The number of pyridine rings is 5. The van der Waals surface area contributed by atoms with Gasteiger partial charge >= 0.3 is 28.5 Å². The maximum atomic E-state index is 7.95. The van der Waals surface area contributed by atoms with Crippen LogP contribution in [-0.2, 0) is 46.7 Å². The molecule has 20 aromatic heterocycles. The number of benzene rings is 1. The van der Waals surface area contributed by atoms with Gasteiger partial charge in [0.25, 0.3) is 39.5 Å². The van der Waals surface area contributed by atoms with E-state index in [9.17, 15) is 0 Å². The molecule has 0 saturated carbocycles. The molecule has 1 aromatic carbocycles. The summed E-state index contributed by atoms with van der Waals surface area (Å²) in [5.74, 6) is 3.72. The van der Waals surface area contributed by atoms with E-state index in [1.807, 2.05) is 121 Å². The zero-order chi connectivity index (χ0) is 70.2. The molecule has 0 unspecified atom stereocenters. The average Bonchev–Trinajstić information content (AvgIpc) is 1.57. The van der Waals surface area contributed by atoms with Gasteiger partial charge in [-0.15, -0.1) is 0 Å². The summed E-state index contributed by atoms with van der Waals surface area (Å²) < 4.78 is 56.3. The van der Waals surface area contributed by atoms with Crippen LogP contribution in [0.2, 0.25) is 0 Å². The van der Waals surface area contributed by atoms with Gasteiger partial charge in [0.1, 0.15) is 37.8 Å². The zero-order valence-electron chi connectivity index (χ0n) is 57.1. The first kappa shape index (κ1) is 53.8. The van der Waals surface area contributed by atoms with Crippen molar-refractivity contribution in [2.24, 2.45) is 14.0 Å². The monoisotopic (exact) mass is 1370 g/mol. The third-order valence-corrected chi connectivity index (χ3v) is 20.9. The molecule has 26 rings (SSSR count). The minimum absolute atomic E-state index is 0.433. The Hall–Kier alpha value is -14.2. The molecule has 0 spiro atoms. The van der Waals surface area contributed by atoms with Gasteiger partial charge in [0.15, 0.2) is 5.01 Å². The highest BCUT2D eigenvalue weighted by atomic mass is 32.1. The Morgan fingerprint density at radius 3 is 1.51 bits per heavy atom. The fourth-order valence-corrected chi connectivity index (χ4v) is 16.4. The number of aromatic nitrogens is 28. The number of hydrogen-bond acceptors (Lipinski definition) is 17. The van der Waals surface area contributed by atoms with Gasteiger partial charge in [-0.25, -0.2) is 68.9 Å². The largest absolute Gasteiger partial charge is 0.396 e. The average molecular weight is 1370 g/mol. The molecule has 0 N–H and O–H groups in total. The number of hydrogen-bond donors (Lipinski definition) is 0. The molecule has 0 fully saturated rings. The molecule has 0 bridgehead atoms. The van der Waals surface area contributed by atoms with Crippen LogP contribution in [0.15, 0.2) is 220 Å². The summed E-state index contributed by atoms with van der Waals surface area (Å²) in [6.45, 7) is 1.59. The second kappa shape index (κ2) is 21.7. The standard InChI is InChI=1S/C19H13N6.2C14H11N6.C13H8N5O.C13H8N5S/c1-2-4-14(5-3-1)25-18-15-10-20-8-6-13(15)11-23(18)17-19(25)24-12-21-9-7-16(24)22-17;2*1-18-12-14(19-5-4-16-7-11(19)17-12)20-8-9-2-3-15-6-10(9)13(18)20;2*1-3-14-5-9-8(1)6-17-11-13(19-12(9)17)18-7-15-4-2-10(18)16-11/h1-10,12H,11H2;2*2-7H,8H2,1H3;2*1-5,7H,6H2/q5*+1/i;1D3;;;. The molecule has 0 aliphatic carbocycles. The van der Waals surface area contributed by atoms with Gasteiger partial charge in [-0.05, 0) is 52.4 Å². The Balaban J connectivity index is 0.0000000830. The van der Waals surface area contributed by atoms with Gasteiger partial charge in [-0.3, -0.25) is 34.9 Å². The summed E-state index contributed by atoms with van der Waals surface area (Å²) in [6.07, 6.45) is 39.7. The van der Waals surface area contributed by atoms with E-state index in [2.05, 4.69) is 146 Å². The first-order chi connectivity index (χ1) is 52.1. The molecule has 25 heterocycles. The summed E-state index contributed by atoms with van der Waals surface area (Å²) in [5.41, 5.74) is 24.8. The summed E-state index contributed by atoms with van der Waals surface area (Å²) in [4.78, 5) is 66.3. The third-order valence-electron chi connectivity index (χ3n) is 19.7. The fraction of sp³-hybridized carbons (Fsp3) is 0.0959. The number of nitrogens with zero attached hydrogens (tertiary/aromatic N) is 28. The molecule has 490 valence electrons. The molecule has 21 aromatic rings. The number of oxazole rings is 1. The van der Waals surface area contributed by atoms with Gasteiger partial charge in [0, 0.05) is 127 Å². The van der Waals surface area contributed by atoms with Crippen LogP contribution in [-0.4, -0.2) is 110 Å². The maximum absolute atomic E-state index is 7.95. The van der Waals surface area contributed by atoms with Crippen molar-refractivity contribution in [1.82, 2.24) is 110 Å². The summed E-state index contributed by atoms with van der Waals surface area (Å²) in [6, 6.07) is 26.3. The van der Waals surface area contributed by atoms with E-state index in [1.165, 1.54) is 43.0 Å². The molecule has 5 aliphatic rings. The Kier molecular flexibility index (Phi) is 11.3. The molecule has 0 atom stereocenters. The molecular formula is C73H51N28OS+5. The lowest BCUT2D eigenvalue weighted by Crippen LogP contribution is -2.32. The Morgan fingerprint density at radius 2 is 0.874 bits per heavy atom.